The highest BCUT2D eigenvalue weighted by molar-refractivity contribution is 7.91. The first-order chi connectivity index (χ1) is 16.1. The Hall–Kier alpha value is -1.74. The number of piperazine rings is 1. The quantitative estimate of drug-likeness (QED) is 0.542. The molecule has 34 heavy (non-hydrogen) atoms. The van der Waals surface area contributed by atoms with Crippen molar-refractivity contribution in [1.29, 1.82) is 0 Å². The van der Waals surface area contributed by atoms with Gasteiger partial charge >= 0.3 is 0 Å². The number of aromatic nitrogens is 3. The highest BCUT2D eigenvalue weighted by Crippen LogP contribution is 2.32. The van der Waals surface area contributed by atoms with Crippen LogP contribution in [0, 0.1) is 0 Å². The fourth-order valence-electron chi connectivity index (χ4n) is 4.98. The fraction of sp³-hybridized carbons (Fsp3) is 0.667. The Morgan fingerprint density at radius 1 is 1.21 bits per heavy atom. The molecule has 186 valence electrons. The van der Waals surface area contributed by atoms with E-state index in [2.05, 4.69) is 19.9 Å². The van der Waals surface area contributed by atoms with E-state index in [1.165, 1.54) is 10.5 Å². The normalized spacial score (nSPS) is 29.0. The second-order valence-corrected chi connectivity index (χ2v) is 12.6. The van der Waals surface area contributed by atoms with Crippen molar-refractivity contribution in [2.24, 2.45) is 0 Å². The molecule has 4 atom stereocenters. The largest absolute Gasteiger partial charge is 0.391 e. The van der Waals surface area contributed by atoms with E-state index in [0.29, 0.717) is 44.2 Å². The molecule has 2 bridgehead atoms. The molecule has 3 fully saturated rings. The summed E-state index contributed by atoms with van der Waals surface area (Å²) in [6, 6.07) is -0.241. The molecule has 3 aliphatic heterocycles. The topological polar surface area (TPSA) is 132 Å². The van der Waals surface area contributed by atoms with E-state index in [1.54, 1.807) is 31.6 Å². The van der Waals surface area contributed by atoms with Crippen LogP contribution in [0.15, 0.2) is 28.3 Å². The van der Waals surface area contributed by atoms with E-state index >= 15 is 0 Å². The van der Waals surface area contributed by atoms with Gasteiger partial charge < -0.3 is 19.8 Å². The smallest absolute Gasteiger partial charge is 0.270 e. The van der Waals surface area contributed by atoms with Gasteiger partial charge in [0.1, 0.15) is 0 Å². The Balaban J connectivity index is 1.42. The molecule has 0 aromatic carbocycles. The van der Waals surface area contributed by atoms with E-state index in [1.807, 2.05) is 4.90 Å². The van der Waals surface area contributed by atoms with Crippen LogP contribution in [-0.2, 0) is 20.4 Å². The number of morpholine rings is 1. The lowest BCUT2D eigenvalue weighted by molar-refractivity contribution is -0.0345. The molecule has 5 heterocycles. The molecule has 0 unspecified atom stereocenters. The van der Waals surface area contributed by atoms with Gasteiger partial charge in [0.15, 0.2) is 0 Å². The number of aliphatic hydroxyl groups is 2. The van der Waals surface area contributed by atoms with Crippen molar-refractivity contribution in [3.8, 4) is 0 Å². The zero-order valence-electron chi connectivity index (χ0n) is 19.2. The Morgan fingerprint density at radius 3 is 2.62 bits per heavy atom. The van der Waals surface area contributed by atoms with E-state index in [-0.39, 0.29) is 35.6 Å². The zero-order valence-corrected chi connectivity index (χ0v) is 20.8. The molecule has 2 aromatic rings. The summed E-state index contributed by atoms with van der Waals surface area (Å²) >= 11 is 1.11. The van der Waals surface area contributed by atoms with E-state index in [4.69, 9.17) is 4.74 Å². The lowest BCUT2D eigenvalue weighted by atomic mass is 10.0. The van der Waals surface area contributed by atoms with Crippen molar-refractivity contribution in [3.63, 3.8) is 0 Å². The van der Waals surface area contributed by atoms with Crippen LogP contribution in [0.2, 0.25) is 0 Å². The third kappa shape index (κ3) is 4.45. The molecular formula is C21H30N6O5S2. The minimum Gasteiger partial charge on any atom is -0.391 e. The van der Waals surface area contributed by atoms with Gasteiger partial charge in [0.2, 0.25) is 10.3 Å². The maximum atomic E-state index is 13.2. The number of thiazole rings is 1. The van der Waals surface area contributed by atoms with E-state index in [0.717, 1.165) is 11.3 Å². The van der Waals surface area contributed by atoms with Crippen LogP contribution >= 0.6 is 11.3 Å². The van der Waals surface area contributed by atoms with Gasteiger partial charge in [0.05, 0.1) is 37.0 Å². The number of aliphatic hydroxyl groups excluding tert-OH is 1. The van der Waals surface area contributed by atoms with Gasteiger partial charge in [-0.3, -0.25) is 4.90 Å². The molecule has 3 saturated heterocycles. The Kier molecular flexibility index (Phi) is 6.38. The molecule has 11 nitrogen and oxygen atoms in total. The lowest BCUT2D eigenvalue weighted by Gasteiger charge is -2.44. The van der Waals surface area contributed by atoms with Crippen molar-refractivity contribution in [1.82, 2.24) is 24.2 Å². The highest BCUT2D eigenvalue weighted by Gasteiger charge is 2.46. The Labute approximate surface area is 203 Å². The van der Waals surface area contributed by atoms with Crippen LogP contribution in [-0.4, -0.2) is 106 Å². The number of fused-ring (bicyclic) bond motifs is 2. The fourth-order valence-corrected chi connectivity index (χ4v) is 7.42. The van der Waals surface area contributed by atoms with Gasteiger partial charge in [0, 0.05) is 61.8 Å². The van der Waals surface area contributed by atoms with Gasteiger partial charge in [-0.25, -0.2) is 23.4 Å². The lowest BCUT2D eigenvalue weighted by Crippen LogP contribution is -2.61. The molecule has 0 aliphatic carbocycles. The summed E-state index contributed by atoms with van der Waals surface area (Å²) in [7, 11) is -3.70. The van der Waals surface area contributed by atoms with Gasteiger partial charge in [-0.15, -0.1) is 11.3 Å². The monoisotopic (exact) mass is 510 g/mol. The van der Waals surface area contributed by atoms with Crippen LogP contribution < -0.4 is 4.90 Å². The summed E-state index contributed by atoms with van der Waals surface area (Å²) < 4.78 is 33.6. The number of anilines is 1. The first-order valence-corrected chi connectivity index (χ1v) is 13.7. The van der Waals surface area contributed by atoms with Gasteiger partial charge in [-0.05, 0) is 20.3 Å². The average molecular weight is 511 g/mol. The van der Waals surface area contributed by atoms with Crippen molar-refractivity contribution in [2.45, 2.75) is 54.4 Å². The second-order valence-electron chi connectivity index (χ2n) is 9.60. The third-order valence-corrected chi connectivity index (χ3v) is 9.93. The zero-order chi connectivity index (χ0) is 24.1. The second kappa shape index (κ2) is 9.04. The van der Waals surface area contributed by atoms with Crippen LogP contribution in [0.3, 0.4) is 0 Å². The molecule has 2 aromatic heterocycles. The molecular weight excluding hydrogens is 480 g/mol. The van der Waals surface area contributed by atoms with Crippen molar-refractivity contribution in [3.05, 3.63) is 29.5 Å². The Morgan fingerprint density at radius 2 is 1.97 bits per heavy atom. The van der Waals surface area contributed by atoms with Crippen LogP contribution in [0.4, 0.5) is 5.95 Å². The molecule has 3 aliphatic rings. The molecule has 13 heteroatoms. The summed E-state index contributed by atoms with van der Waals surface area (Å²) in [5, 5.41) is 22.4. The maximum absolute atomic E-state index is 13.2. The molecule has 0 radical (unpaired) electrons. The number of hydrogen-bond donors (Lipinski definition) is 2. The first-order valence-electron chi connectivity index (χ1n) is 11.4. The molecule has 0 spiro atoms. The molecule has 2 N–H and O–H groups in total. The first kappa shape index (κ1) is 24.0. The minimum atomic E-state index is -3.70. The van der Waals surface area contributed by atoms with E-state index in [9.17, 15) is 18.6 Å². The summed E-state index contributed by atoms with van der Waals surface area (Å²) in [4.78, 5) is 17.3. The Bertz CT molecular complexity index is 1090. The number of rotatable bonds is 6. The predicted molar refractivity (Wildman–Crippen MR) is 125 cm³/mol. The van der Waals surface area contributed by atoms with Crippen molar-refractivity contribution >= 4 is 27.3 Å². The summed E-state index contributed by atoms with van der Waals surface area (Å²) in [6.07, 6.45) is 4.91. The number of nitrogens with zero attached hydrogens (tertiary/aromatic N) is 6. The molecule has 0 saturated carbocycles. The van der Waals surface area contributed by atoms with Crippen molar-refractivity contribution < 1.29 is 23.4 Å². The van der Waals surface area contributed by atoms with E-state index < -0.39 is 21.7 Å². The maximum Gasteiger partial charge on any atom is 0.270 e. The van der Waals surface area contributed by atoms with Gasteiger partial charge in [0.25, 0.3) is 10.0 Å². The SMILES string of the molecule is CC(C)(O)c1cnc(N2CCN(S(=O)(=O)c3nccs3)C[C@@H]2CN2[C@@H]3COC[C@H]2[C@@H](O)C3)nc1. The summed E-state index contributed by atoms with van der Waals surface area (Å²) in [5.41, 5.74) is -0.450. The molecule has 5 rings (SSSR count). The molecule has 0 amide bonds. The van der Waals surface area contributed by atoms with Crippen LogP contribution in [0.25, 0.3) is 0 Å². The minimum absolute atomic E-state index is 0.0901. The number of hydrogen-bond acceptors (Lipinski definition) is 11. The van der Waals surface area contributed by atoms with Gasteiger partial charge in [-0.1, -0.05) is 0 Å². The van der Waals surface area contributed by atoms with Gasteiger partial charge in [-0.2, -0.15) is 4.31 Å². The summed E-state index contributed by atoms with van der Waals surface area (Å²) in [6.45, 7) is 5.88. The van der Waals surface area contributed by atoms with Crippen LogP contribution in [0.1, 0.15) is 25.8 Å². The number of ether oxygens (including phenoxy) is 1. The van der Waals surface area contributed by atoms with Crippen molar-refractivity contribution in [2.75, 3.05) is 44.3 Å². The highest BCUT2D eigenvalue weighted by atomic mass is 32.2. The summed E-state index contributed by atoms with van der Waals surface area (Å²) in [5.74, 6) is 0.491. The average Bonchev–Trinajstić information content (AvgIpc) is 3.39. The third-order valence-electron chi connectivity index (χ3n) is 6.89. The standard InChI is InChI=1S/C21H30N6O5S2/c1-21(2,29)14-8-23-19(24-9-14)26-5-4-25(34(30,31)20-22-3-6-33-20)10-16(26)11-27-15-7-18(28)17(27)13-32-12-15/h3,6,8-9,15-18,28-29H,4-5,7,10-13H2,1-2H3/t15-,16+,17-,18-/m0/s1. The van der Waals surface area contributed by atoms with Crippen LogP contribution in [0.5, 0.6) is 0 Å². The predicted octanol–water partition coefficient (Wildman–Crippen LogP) is -0.126. The number of sulfonamides is 1.